The predicted molar refractivity (Wildman–Crippen MR) is 77.3 cm³/mol. The Labute approximate surface area is 110 Å². The van der Waals surface area contributed by atoms with Gasteiger partial charge in [-0.25, -0.2) is 0 Å². The second kappa shape index (κ2) is 6.34. The zero-order chi connectivity index (χ0) is 12.9. The molecule has 0 heterocycles. The molecule has 0 saturated heterocycles. The molecule has 0 fully saturated rings. The lowest BCUT2D eigenvalue weighted by Crippen LogP contribution is -2.11. The molecule has 1 aromatic rings. The third-order valence-corrected chi connectivity index (χ3v) is 3.54. The summed E-state index contributed by atoms with van der Waals surface area (Å²) in [6.07, 6.45) is 4.40. The Bertz CT molecular complexity index is 352. The molecule has 0 radical (unpaired) electrons. The molecular weight excluding hydrogens is 228 g/mol. The molecule has 0 aliphatic rings. The lowest BCUT2D eigenvalue weighted by Gasteiger charge is -2.21. The molecule has 1 aromatic carbocycles. The van der Waals surface area contributed by atoms with Crippen LogP contribution >= 0.6 is 11.8 Å². The molecule has 0 aliphatic carbocycles. The van der Waals surface area contributed by atoms with Crippen molar-refractivity contribution in [2.75, 3.05) is 12.9 Å². The van der Waals surface area contributed by atoms with Crippen LogP contribution in [0.4, 0.5) is 0 Å². The van der Waals surface area contributed by atoms with Gasteiger partial charge in [0, 0.05) is 4.90 Å². The molecule has 0 amide bonds. The van der Waals surface area contributed by atoms with Gasteiger partial charge in [-0.3, -0.25) is 0 Å². The Balaban J connectivity index is 2.86. The first-order chi connectivity index (χ1) is 7.99. The van der Waals surface area contributed by atoms with Gasteiger partial charge in [-0.2, -0.15) is 0 Å². The molecule has 0 unspecified atom stereocenters. The summed E-state index contributed by atoms with van der Waals surface area (Å²) < 4.78 is 5.82. The number of rotatable bonds is 5. The van der Waals surface area contributed by atoms with Crippen LogP contribution in [0.15, 0.2) is 23.1 Å². The van der Waals surface area contributed by atoms with Crippen molar-refractivity contribution in [2.24, 2.45) is 0 Å². The maximum atomic E-state index is 5.82. The zero-order valence-corrected chi connectivity index (χ0v) is 12.5. The first-order valence-electron chi connectivity index (χ1n) is 6.30. The summed E-state index contributed by atoms with van der Waals surface area (Å²) in [6, 6.07) is 6.55. The Kier molecular flexibility index (Phi) is 5.38. The summed E-state index contributed by atoms with van der Waals surface area (Å²) >= 11 is 1.76. The Morgan fingerprint density at radius 1 is 1.24 bits per heavy atom. The van der Waals surface area contributed by atoms with E-state index in [2.05, 4.69) is 52.1 Å². The van der Waals surface area contributed by atoms with Gasteiger partial charge in [0.15, 0.2) is 0 Å². The van der Waals surface area contributed by atoms with Crippen molar-refractivity contribution < 1.29 is 4.74 Å². The van der Waals surface area contributed by atoms with E-state index < -0.39 is 0 Å². The maximum Gasteiger partial charge on any atom is 0.132 e. The molecule has 0 saturated carbocycles. The van der Waals surface area contributed by atoms with Crippen molar-refractivity contribution in [3.63, 3.8) is 0 Å². The predicted octanol–water partition coefficient (Wildman–Crippen LogP) is 4.88. The second-order valence-corrected chi connectivity index (χ2v) is 6.17. The Morgan fingerprint density at radius 3 is 2.47 bits per heavy atom. The average molecular weight is 252 g/mol. The van der Waals surface area contributed by atoms with Crippen molar-refractivity contribution in [1.29, 1.82) is 0 Å². The van der Waals surface area contributed by atoms with Gasteiger partial charge in [0.25, 0.3) is 0 Å². The molecule has 0 aromatic heterocycles. The highest BCUT2D eigenvalue weighted by Crippen LogP contribution is 2.33. The van der Waals surface area contributed by atoms with Crippen molar-refractivity contribution in [1.82, 2.24) is 0 Å². The monoisotopic (exact) mass is 252 g/mol. The minimum Gasteiger partial charge on any atom is -0.492 e. The van der Waals surface area contributed by atoms with Crippen molar-refractivity contribution >= 4 is 11.8 Å². The highest BCUT2D eigenvalue weighted by Gasteiger charge is 2.15. The summed E-state index contributed by atoms with van der Waals surface area (Å²) in [4.78, 5) is 1.24. The van der Waals surface area contributed by atoms with Gasteiger partial charge in [-0.05, 0) is 35.8 Å². The number of hydrogen-bond acceptors (Lipinski definition) is 2. The standard InChI is InChI=1S/C15H24OS/c1-6-7-10-16-13-9-8-12(15(2,3)4)11-14(13)17-5/h8-9,11H,6-7,10H2,1-5H3. The Morgan fingerprint density at radius 2 is 1.94 bits per heavy atom. The van der Waals surface area contributed by atoms with Crippen LogP contribution < -0.4 is 4.74 Å². The molecule has 17 heavy (non-hydrogen) atoms. The smallest absolute Gasteiger partial charge is 0.132 e. The number of thioether (sulfide) groups is 1. The zero-order valence-electron chi connectivity index (χ0n) is 11.7. The van der Waals surface area contributed by atoms with E-state index in [1.165, 1.54) is 16.9 Å². The molecule has 0 bridgehead atoms. The van der Waals surface area contributed by atoms with Crippen LogP contribution in [-0.2, 0) is 5.41 Å². The summed E-state index contributed by atoms with van der Waals surface area (Å²) in [5.74, 6) is 1.03. The van der Waals surface area contributed by atoms with E-state index in [1.807, 2.05) is 0 Å². The molecule has 1 rings (SSSR count). The van der Waals surface area contributed by atoms with Gasteiger partial charge < -0.3 is 4.74 Å². The first-order valence-corrected chi connectivity index (χ1v) is 7.53. The number of unbranched alkanes of at least 4 members (excludes halogenated alkanes) is 1. The van der Waals surface area contributed by atoms with Crippen molar-refractivity contribution in [3.05, 3.63) is 23.8 Å². The Hall–Kier alpha value is -0.630. The summed E-state index contributed by atoms with van der Waals surface area (Å²) in [6.45, 7) is 9.72. The molecule has 0 spiro atoms. The largest absolute Gasteiger partial charge is 0.492 e. The van der Waals surface area contributed by atoms with Gasteiger partial charge >= 0.3 is 0 Å². The van der Waals surface area contributed by atoms with Gasteiger partial charge in [0.1, 0.15) is 5.75 Å². The fraction of sp³-hybridized carbons (Fsp3) is 0.600. The number of hydrogen-bond donors (Lipinski definition) is 0. The molecule has 2 heteroatoms. The minimum absolute atomic E-state index is 0.201. The van der Waals surface area contributed by atoms with Crippen LogP contribution in [0.2, 0.25) is 0 Å². The van der Waals surface area contributed by atoms with Crippen molar-refractivity contribution in [2.45, 2.75) is 50.8 Å². The molecule has 0 N–H and O–H groups in total. The van der Waals surface area contributed by atoms with E-state index in [4.69, 9.17) is 4.74 Å². The van der Waals surface area contributed by atoms with E-state index in [0.717, 1.165) is 18.8 Å². The van der Waals surface area contributed by atoms with E-state index >= 15 is 0 Å². The van der Waals surface area contributed by atoms with Crippen LogP contribution in [0.1, 0.15) is 46.1 Å². The van der Waals surface area contributed by atoms with E-state index in [0.29, 0.717) is 0 Å². The van der Waals surface area contributed by atoms with Crippen molar-refractivity contribution in [3.8, 4) is 5.75 Å². The summed E-state index contributed by atoms with van der Waals surface area (Å²) in [5, 5.41) is 0. The second-order valence-electron chi connectivity index (χ2n) is 5.32. The molecule has 1 nitrogen and oxygen atoms in total. The van der Waals surface area contributed by atoms with Crippen LogP contribution in [0.3, 0.4) is 0 Å². The molecule has 96 valence electrons. The van der Waals surface area contributed by atoms with Crippen LogP contribution in [0, 0.1) is 0 Å². The summed E-state index contributed by atoms with van der Waals surface area (Å²) in [5.41, 5.74) is 1.57. The summed E-state index contributed by atoms with van der Waals surface area (Å²) in [7, 11) is 0. The first kappa shape index (κ1) is 14.4. The lowest BCUT2D eigenvalue weighted by molar-refractivity contribution is 0.302. The molecule has 0 aliphatic heterocycles. The molecular formula is C15H24OS. The molecule has 0 atom stereocenters. The fourth-order valence-electron chi connectivity index (χ4n) is 1.58. The topological polar surface area (TPSA) is 9.23 Å². The third-order valence-electron chi connectivity index (χ3n) is 2.79. The van der Waals surface area contributed by atoms with Crippen LogP contribution in [0.5, 0.6) is 5.75 Å². The van der Waals surface area contributed by atoms with Gasteiger partial charge in [0.05, 0.1) is 6.61 Å². The number of benzene rings is 1. The normalized spacial score (nSPS) is 11.6. The van der Waals surface area contributed by atoms with Gasteiger partial charge in [-0.15, -0.1) is 11.8 Å². The SMILES string of the molecule is CCCCOc1ccc(C(C)(C)C)cc1SC. The highest BCUT2D eigenvalue weighted by molar-refractivity contribution is 7.98. The van der Waals surface area contributed by atoms with E-state index in [-0.39, 0.29) is 5.41 Å². The third kappa shape index (κ3) is 4.27. The highest BCUT2D eigenvalue weighted by atomic mass is 32.2. The fourth-order valence-corrected chi connectivity index (χ4v) is 2.15. The quantitative estimate of drug-likeness (QED) is 0.545. The van der Waals surface area contributed by atoms with Crippen LogP contribution in [0.25, 0.3) is 0 Å². The number of ether oxygens (including phenoxy) is 1. The maximum absolute atomic E-state index is 5.82. The lowest BCUT2D eigenvalue weighted by atomic mass is 9.87. The van der Waals surface area contributed by atoms with Gasteiger partial charge in [0.2, 0.25) is 0 Å². The minimum atomic E-state index is 0.201. The van der Waals surface area contributed by atoms with Crippen LogP contribution in [-0.4, -0.2) is 12.9 Å². The van der Waals surface area contributed by atoms with Gasteiger partial charge in [-0.1, -0.05) is 40.2 Å². The average Bonchev–Trinajstić information content (AvgIpc) is 2.28. The van der Waals surface area contributed by atoms with E-state index in [9.17, 15) is 0 Å². The van der Waals surface area contributed by atoms with E-state index in [1.54, 1.807) is 11.8 Å².